The monoisotopic (exact) mass is 288 g/mol. The molecule has 1 aromatic rings. The lowest BCUT2D eigenvalue weighted by Crippen LogP contribution is -1.98. The summed E-state index contributed by atoms with van der Waals surface area (Å²) in [6, 6.07) is 3.43. The molecule has 0 atom stereocenters. The van der Waals surface area contributed by atoms with E-state index in [2.05, 4.69) is 22.6 Å². The minimum absolute atomic E-state index is 0.0129. The third-order valence-electron chi connectivity index (χ3n) is 1.92. The number of halogens is 1. The van der Waals surface area contributed by atoms with Crippen molar-refractivity contribution in [2.45, 2.75) is 13.8 Å². The Balaban J connectivity index is 3.38. The largest absolute Gasteiger partial charge is 0.298 e. The first kappa shape index (κ1) is 10.4. The predicted octanol–water partition coefficient (Wildman–Crippen LogP) is 2.61. The van der Waals surface area contributed by atoms with Crippen LogP contribution in [0.5, 0.6) is 0 Å². The van der Waals surface area contributed by atoms with Gasteiger partial charge in [0.2, 0.25) is 0 Å². The lowest BCUT2D eigenvalue weighted by molar-refractivity contribution is 0.101. The molecule has 0 saturated heterocycles. The van der Waals surface area contributed by atoms with E-state index in [1.165, 1.54) is 6.92 Å². The van der Waals surface area contributed by atoms with Gasteiger partial charge in [0.25, 0.3) is 0 Å². The van der Waals surface area contributed by atoms with Crippen LogP contribution in [-0.4, -0.2) is 12.1 Å². The number of hydrogen-bond acceptors (Lipinski definition) is 2. The van der Waals surface area contributed by atoms with Crippen molar-refractivity contribution in [1.82, 2.24) is 0 Å². The summed E-state index contributed by atoms with van der Waals surface area (Å²) in [6.07, 6.45) is 0.782. The molecule has 0 radical (unpaired) electrons. The lowest BCUT2D eigenvalue weighted by atomic mass is 10.0. The van der Waals surface area contributed by atoms with Crippen molar-refractivity contribution >= 4 is 34.7 Å². The SMILES string of the molecule is CC(=O)c1cc(I)c(C)c(C=O)c1. The third kappa shape index (κ3) is 2.15. The Kier molecular flexibility index (Phi) is 3.19. The highest BCUT2D eigenvalue weighted by Gasteiger charge is 2.06. The topological polar surface area (TPSA) is 34.1 Å². The number of aldehydes is 1. The van der Waals surface area contributed by atoms with Gasteiger partial charge >= 0.3 is 0 Å². The predicted molar refractivity (Wildman–Crippen MR) is 59.3 cm³/mol. The van der Waals surface area contributed by atoms with E-state index in [9.17, 15) is 9.59 Å². The number of Topliss-reactive ketones (excluding diaryl/α,β-unsaturated/α-hetero) is 1. The van der Waals surface area contributed by atoms with Gasteiger partial charge in [0.1, 0.15) is 6.29 Å². The van der Waals surface area contributed by atoms with Crippen molar-refractivity contribution < 1.29 is 9.59 Å². The van der Waals surface area contributed by atoms with Crippen molar-refractivity contribution in [2.75, 3.05) is 0 Å². The fraction of sp³-hybridized carbons (Fsp3) is 0.200. The Morgan fingerprint density at radius 3 is 2.54 bits per heavy atom. The molecule has 0 N–H and O–H groups in total. The molecular weight excluding hydrogens is 279 g/mol. The molecule has 68 valence electrons. The van der Waals surface area contributed by atoms with Crippen LogP contribution in [0.15, 0.2) is 12.1 Å². The Labute approximate surface area is 90.5 Å². The molecule has 0 aliphatic carbocycles. The number of rotatable bonds is 2. The van der Waals surface area contributed by atoms with Gasteiger partial charge in [-0.1, -0.05) is 0 Å². The van der Waals surface area contributed by atoms with Gasteiger partial charge in [-0.05, 0) is 54.1 Å². The van der Waals surface area contributed by atoms with Gasteiger partial charge in [0.05, 0.1) is 0 Å². The van der Waals surface area contributed by atoms with Crippen LogP contribution in [-0.2, 0) is 0 Å². The van der Waals surface area contributed by atoms with Gasteiger partial charge in [-0.2, -0.15) is 0 Å². The fourth-order valence-corrected chi connectivity index (χ4v) is 1.67. The number of benzene rings is 1. The Bertz CT molecular complexity index is 369. The molecule has 13 heavy (non-hydrogen) atoms. The normalized spacial score (nSPS) is 9.77. The van der Waals surface area contributed by atoms with E-state index in [0.717, 1.165) is 15.4 Å². The van der Waals surface area contributed by atoms with E-state index in [-0.39, 0.29) is 5.78 Å². The molecule has 0 aliphatic heterocycles. The first-order valence-corrected chi connectivity index (χ1v) is 4.90. The highest BCUT2D eigenvalue weighted by Crippen LogP contribution is 2.17. The van der Waals surface area contributed by atoms with E-state index < -0.39 is 0 Å². The molecule has 0 saturated carbocycles. The summed E-state index contributed by atoms with van der Waals surface area (Å²) in [4.78, 5) is 21.7. The van der Waals surface area contributed by atoms with E-state index in [1.807, 2.05) is 6.92 Å². The van der Waals surface area contributed by atoms with Gasteiger partial charge in [-0.15, -0.1) is 0 Å². The standard InChI is InChI=1S/C10H9IO2/c1-6-9(5-12)3-8(7(2)13)4-10(6)11/h3-5H,1-2H3. The highest BCUT2D eigenvalue weighted by molar-refractivity contribution is 14.1. The van der Waals surface area contributed by atoms with Crippen molar-refractivity contribution in [3.63, 3.8) is 0 Å². The van der Waals surface area contributed by atoms with Gasteiger partial charge in [0, 0.05) is 14.7 Å². The second kappa shape index (κ2) is 4.00. The molecular formula is C10H9IO2. The summed E-state index contributed by atoms with van der Waals surface area (Å²) in [5, 5.41) is 0. The summed E-state index contributed by atoms with van der Waals surface area (Å²) < 4.78 is 0.951. The molecule has 0 spiro atoms. The Morgan fingerprint density at radius 1 is 1.46 bits per heavy atom. The summed E-state index contributed by atoms with van der Waals surface area (Å²) in [7, 11) is 0. The van der Waals surface area contributed by atoms with E-state index in [1.54, 1.807) is 12.1 Å². The third-order valence-corrected chi connectivity index (χ3v) is 3.04. The van der Waals surface area contributed by atoms with Crippen LogP contribution in [0.1, 0.15) is 33.2 Å². The van der Waals surface area contributed by atoms with Crippen LogP contribution in [0.25, 0.3) is 0 Å². The minimum atomic E-state index is -0.0129. The maximum Gasteiger partial charge on any atom is 0.159 e. The molecule has 0 aromatic heterocycles. The zero-order valence-electron chi connectivity index (χ0n) is 7.43. The van der Waals surface area contributed by atoms with Crippen LogP contribution in [0.3, 0.4) is 0 Å². The Hall–Kier alpha value is -0.710. The van der Waals surface area contributed by atoms with Gasteiger partial charge in [0.15, 0.2) is 5.78 Å². The summed E-state index contributed by atoms with van der Waals surface area (Å²) in [5.74, 6) is -0.0129. The maximum absolute atomic E-state index is 11.1. The van der Waals surface area contributed by atoms with Crippen LogP contribution >= 0.6 is 22.6 Å². The average Bonchev–Trinajstić information content (AvgIpc) is 2.09. The molecule has 0 unspecified atom stereocenters. The number of carbonyl (C=O) groups is 2. The van der Waals surface area contributed by atoms with Crippen LogP contribution < -0.4 is 0 Å². The van der Waals surface area contributed by atoms with Crippen molar-refractivity contribution in [3.8, 4) is 0 Å². The van der Waals surface area contributed by atoms with Crippen LogP contribution in [0, 0.1) is 10.5 Å². The highest BCUT2D eigenvalue weighted by atomic mass is 127. The first-order chi connectivity index (χ1) is 6.06. The molecule has 0 heterocycles. The summed E-state index contributed by atoms with van der Waals surface area (Å²) >= 11 is 2.12. The first-order valence-electron chi connectivity index (χ1n) is 3.82. The van der Waals surface area contributed by atoms with Crippen molar-refractivity contribution in [3.05, 3.63) is 32.4 Å². The molecule has 0 fully saturated rings. The number of carbonyl (C=O) groups excluding carboxylic acids is 2. The molecule has 2 nitrogen and oxygen atoms in total. The average molecular weight is 288 g/mol. The maximum atomic E-state index is 11.1. The quantitative estimate of drug-likeness (QED) is 0.476. The molecule has 0 bridgehead atoms. The molecule has 0 aliphatic rings. The summed E-state index contributed by atoms with van der Waals surface area (Å²) in [5.41, 5.74) is 2.12. The minimum Gasteiger partial charge on any atom is -0.298 e. The molecule has 1 aromatic carbocycles. The molecule has 3 heteroatoms. The number of ketones is 1. The van der Waals surface area contributed by atoms with Crippen LogP contribution in [0.2, 0.25) is 0 Å². The zero-order chi connectivity index (χ0) is 10.0. The second-order valence-electron chi connectivity index (χ2n) is 2.85. The smallest absolute Gasteiger partial charge is 0.159 e. The van der Waals surface area contributed by atoms with Gasteiger partial charge in [-0.3, -0.25) is 9.59 Å². The van der Waals surface area contributed by atoms with Crippen molar-refractivity contribution in [2.24, 2.45) is 0 Å². The molecule has 1 rings (SSSR count). The number of hydrogen-bond donors (Lipinski definition) is 0. The fourth-order valence-electron chi connectivity index (χ4n) is 1.03. The molecule has 0 amide bonds. The summed E-state index contributed by atoms with van der Waals surface area (Å²) in [6.45, 7) is 3.37. The van der Waals surface area contributed by atoms with Gasteiger partial charge < -0.3 is 0 Å². The van der Waals surface area contributed by atoms with E-state index in [0.29, 0.717) is 11.1 Å². The zero-order valence-corrected chi connectivity index (χ0v) is 9.58. The lowest BCUT2D eigenvalue weighted by Gasteiger charge is -2.04. The van der Waals surface area contributed by atoms with E-state index >= 15 is 0 Å². The van der Waals surface area contributed by atoms with Crippen LogP contribution in [0.4, 0.5) is 0 Å². The Morgan fingerprint density at radius 2 is 2.08 bits per heavy atom. The second-order valence-corrected chi connectivity index (χ2v) is 4.01. The van der Waals surface area contributed by atoms with E-state index in [4.69, 9.17) is 0 Å². The van der Waals surface area contributed by atoms with Crippen molar-refractivity contribution in [1.29, 1.82) is 0 Å². The van der Waals surface area contributed by atoms with Gasteiger partial charge in [-0.25, -0.2) is 0 Å².